The summed E-state index contributed by atoms with van der Waals surface area (Å²) in [5, 5.41) is 0. The molecule has 19 heavy (non-hydrogen) atoms. The van der Waals surface area contributed by atoms with Crippen molar-refractivity contribution in [2.24, 2.45) is 12.8 Å². The molecule has 0 amide bonds. The number of imidazole rings is 1. The monoisotopic (exact) mass is 259 g/mol. The van der Waals surface area contributed by atoms with E-state index in [1.807, 2.05) is 0 Å². The number of aryl methyl sites for hydroxylation is 2. The number of unbranched alkanes of at least 4 members (excludes halogenated alkanes) is 1. The summed E-state index contributed by atoms with van der Waals surface area (Å²) in [6, 6.07) is 6.63. The minimum absolute atomic E-state index is 0.0769. The van der Waals surface area contributed by atoms with Crippen LogP contribution >= 0.6 is 0 Å². The molecule has 0 unspecified atom stereocenters. The number of nitrogens with two attached hydrogens (primary N) is 1. The van der Waals surface area contributed by atoms with Gasteiger partial charge in [0.1, 0.15) is 5.82 Å². The first kappa shape index (κ1) is 14.1. The molecule has 0 spiro atoms. The third-order valence-corrected chi connectivity index (χ3v) is 3.54. The average Bonchev–Trinajstić information content (AvgIpc) is 2.67. The molecule has 0 aliphatic heterocycles. The maximum atomic E-state index is 5.54. The van der Waals surface area contributed by atoms with Gasteiger partial charge in [-0.2, -0.15) is 0 Å². The number of aromatic nitrogens is 2. The van der Waals surface area contributed by atoms with Gasteiger partial charge in [0.15, 0.2) is 0 Å². The highest BCUT2D eigenvalue weighted by Crippen LogP contribution is 2.26. The zero-order chi connectivity index (χ0) is 14.0. The van der Waals surface area contributed by atoms with E-state index in [0.29, 0.717) is 0 Å². The van der Waals surface area contributed by atoms with Crippen molar-refractivity contribution >= 4 is 11.0 Å². The molecular weight excluding hydrogens is 234 g/mol. The molecule has 0 fully saturated rings. The van der Waals surface area contributed by atoms with Crippen LogP contribution in [-0.4, -0.2) is 16.1 Å². The van der Waals surface area contributed by atoms with Gasteiger partial charge >= 0.3 is 0 Å². The van der Waals surface area contributed by atoms with Crippen LogP contribution in [0.25, 0.3) is 11.0 Å². The fraction of sp³-hybridized carbons (Fsp3) is 0.562. The van der Waals surface area contributed by atoms with Crippen molar-refractivity contribution in [3.63, 3.8) is 0 Å². The molecule has 104 valence electrons. The highest BCUT2D eigenvalue weighted by Gasteiger charge is 2.21. The smallest absolute Gasteiger partial charge is 0.115 e. The molecule has 1 aromatic carbocycles. The molecule has 0 atom stereocenters. The Bertz CT molecular complexity index is 561. The zero-order valence-corrected chi connectivity index (χ0v) is 12.5. The van der Waals surface area contributed by atoms with Crippen LogP contribution in [0.4, 0.5) is 0 Å². The third-order valence-electron chi connectivity index (χ3n) is 3.54. The number of hydrogen-bond acceptors (Lipinski definition) is 2. The Morgan fingerprint density at radius 1 is 1.21 bits per heavy atom. The Balaban J connectivity index is 2.33. The van der Waals surface area contributed by atoms with Crippen LogP contribution < -0.4 is 5.73 Å². The van der Waals surface area contributed by atoms with Gasteiger partial charge in [0.2, 0.25) is 0 Å². The minimum atomic E-state index is 0.0769. The van der Waals surface area contributed by atoms with E-state index < -0.39 is 0 Å². The predicted molar refractivity (Wildman–Crippen MR) is 81.4 cm³/mol. The Labute approximate surface area is 115 Å². The van der Waals surface area contributed by atoms with Crippen molar-refractivity contribution in [1.82, 2.24) is 9.55 Å². The number of hydrogen-bond donors (Lipinski definition) is 1. The number of rotatable bonds is 4. The normalized spacial score (nSPS) is 12.3. The largest absolute Gasteiger partial charge is 0.331 e. The first-order chi connectivity index (χ1) is 8.93. The Morgan fingerprint density at radius 2 is 1.95 bits per heavy atom. The number of fused-ring (bicyclic) bond motifs is 1. The quantitative estimate of drug-likeness (QED) is 0.857. The van der Waals surface area contributed by atoms with E-state index in [9.17, 15) is 0 Å². The van der Waals surface area contributed by atoms with Gasteiger partial charge in [-0.15, -0.1) is 0 Å². The van der Waals surface area contributed by atoms with Crippen LogP contribution in [0, 0.1) is 0 Å². The fourth-order valence-electron chi connectivity index (χ4n) is 2.55. The van der Waals surface area contributed by atoms with E-state index in [4.69, 9.17) is 10.7 Å². The van der Waals surface area contributed by atoms with E-state index in [0.717, 1.165) is 37.1 Å². The van der Waals surface area contributed by atoms with Crippen molar-refractivity contribution in [3.8, 4) is 0 Å². The molecule has 0 aliphatic carbocycles. The van der Waals surface area contributed by atoms with Crippen molar-refractivity contribution in [2.45, 2.75) is 45.4 Å². The lowest BCUT2D eigenvalue weighted by atomic mass is 9.96. The molecule has 0 radical (unpaired) electrons. The lowest BCUT2D eigenvalue weighted by Gasteiger charge is -2.17. The van der Waals surface area contributed by atoms with Gasteiger partial charge in [-0.1, -0.05) is 26.8 Å². The van der Waals surface area contributed by atoms with Crippen molar-refractivity contribution in [3.05, 3.63) is 29.6 Å². The van der Waals surface area contributed by atoms with Crippen molar-refractivity contribution < 1.29 is 0 Å². The summed E-state index contributed by atoms with van der Waals surface area (Å²) in [5.74, 6) is 1.14. The first-order valence-corrected chi connectivity index (χ1v) is 7.09. The molecule has 2 aromatic rings. The first-order valence-electron chi connectivity index (χ1n) is 7.09. The molecule has 0 aliphatic rings. The Morgan fingerprint density at radius 3 is 2.58 bits per heavy atom. The summed E-state index contributed by atoms with van der Waals surface area (Å²) < 4.78 is 2.21. The highest BCUT2D eigenvalue weighted by molar-refractivity contribution is 5.77. The van der Waals surface area contributed by atoms with Crippen LogP contribution in [0.1, 0.15) is 45.0 Å². The van der Waals surface area contributed by atoms with Gasteiger partial charge in [-0.3, -0.25) is 0 Å². The second-order valence-corrected chi connectivity index (χ2v) is 6.31. The summed E-state index contributed by atoms with van der Waals surface area (Å²) in [5.41, 5.74) is 9.30. The van der Waals surface area contributed by atoms with E-state index in [1.165, 1.54) is 11.1 Å². The van der Waals surface area contributed by atoms with Crippen LogP contribution in [-0.2, 0) is 18.9 Å². The summed E-state index contributed by atoms with van der Waals surface area (Å²) in [6.07, 6.45) is 3.34. The molecular formula is C16H25N3. The topological polar surface area (TPSA) is 43.8 Å². The van der Waals surface area contributed by atoms with Crippen molar-refractivity contribution in [2.75, 3.05) is 6.54 Å². The summed E-state index contributed by atoms with van der Waals surface area (Å²) in [7, 11) is 2.10. The summed E-state index contributed by atoms with van der Waals surface area (Å²) in [6.45, 7) is 7.39. The lowest BCUT2D eigenvalue weighted by Crippen LogP contribution is -2.17. The van der Waals surface area contributed by atoms with Crippen LogP contribution in [0.2, 0.25) is 0 Å². The predicted octanol–water partition coefficient (Wildman–Crippen LogP) is 3.15. The van der Waals surface area contributed by atoms with Crippen molar-refractivity contribution in [1.29, 1.82) is 0 Å². The standard InChI is InChI=1S/C16H25N3/c1-16(2,3)15-18-13-11-12(7-5-6-10-17)8-9-14(13)19(15)4/h8-9,11H,5-7,10,17H2,1-4H3. The van der Waals surface area contributed by atoms with Gasteiger partial charge in [0.05, 0.1) is 11.0 Å². The summed E-state index contributed by atoms with van der Waals surface area (Å²) in [4.78, 5) is 4.81. The molecule has 1 heterocycles. The van der Waals surface area contributed by atoms with Gasteiger partial charge in [0.25, 0.3) is 0 Å². The van der Waals surface area contributed by atoms with Crippen LogP contribution in [0.5, 0.6) is 0 Å². The molecule has 0 saturated heterocycles. The van der Waals surface area contributed by atoms with Gasteiger partial charge < -0.3 is 10.3 Å². The average molecular weight is 259 g/mol. The lowest BCUT2D eigenvalue weighted by molar-refractivity contribution is 0.526. The molecule has 2 rings (SSSR count). The molecule has 0 bridgehead atoms. The second kappa shape index (κ2) is 5.33. The molecule has 3 heteroatoms. The third kappa shape index (κ3) is 2.98. The number of nitrogens with zero attached hydrogens (tertiary/aromatic N) is 2. The van der Waals surface area contributed by atoms with E-state index in [2.05, 4.69) is 50.6 Å². The maximum absolute atomic E-state index is 5.54. The molecule has 0 saturated carbocycles. The number of benzene rings is 1. The van der Waals surface area contributed by atoms with Gasteiger partial charge in [-0.05, 0) is 43.5 Å². The fourth-order valence-corrected chi connectivity index (χ4v) is 2.55. The van der Waals surface area contributed by atoms with E-state index in [-0.39, 0.29) is 5.41 Å². The second-order valence-electron chi connectivity index (χ2n) is 6.31. The van der Waals surface area contributed by atoms with Crippen LogP contribution in [0.3, 0.4) is 0 Å². The van der Waals surface area contributed by atoms with E-state index >= 15 is 0 Å². The SMILES string of the molecule is Cn1c(C(C)(C)C)nc2cc(CCCCN)ccc21. The molecule has 3 nitrogen and oxygen atoms in total. The molecule has 2 N–H and O–H groups in total. The Hall–Kier alpha value is -1.35. The van der Waals surface area contributed by atoms with Crippen LogP contribution in [0.15, 0.2) is 18.2 Å². The van der Waals surface area contributed by atoms with Gasteiger partial charge in [0, 0.05) is 12.5 Å². The minimum Gasteiger partial charge on any atom is -0.331 e. The zero-order valence-electron chi connectivity index (χ0n) is 12.5. The van der Waals surface area contributed by atoms with E-state index in [1.54, 1.807) is 0 Å². The van der Waals surface area contributed by atoms with Gasteiger partial charge in [-0.25, -0.2) is 4.98 Å². The summed E-state index contributed by atoms with van der Waals surface area (Å²) >= 11 is 0. The molecule has 1 aromatic heterocycles. The Kier molecular flexibility index (Phi) is 3.95. The maximum Gasteiger partial charge on any atom is 0.115 e. The highest BCUT2D eigenvalue weighted by atomic mass is 15.1.